The first-order valence-electron chi connectivity index (χ1n) is 10.2. The highest BCUT2D eigenvalue weighted by Crippen LogP contribution is 2.27. The molecule has 182 valence electrons. The number of benzene rings is 2. The van der Waals surface area contributed by atoms with E-state index in [1.54, 1.807) is 36.4 Å². The zero-order valence-electron chi connectivity index (χ0n) is 19.5. The number of nitrogens with one attached hydrogen (secondary N) is 2. The monoisotopic (exact) mass is 480 g/mol. The third-order valence-electron chi connectivity index (χ3n) is 4.63. The van der Waals surface area contributed by atoms with Gasteiger partial charge in [0.25, 0.3) is 0 Å². The Morgan fingerprint density at radius 1 is 0.657 bits per heavy atom. The maximum absolute atomic E-state index is 12.3. The smallest absolute Gasteiger partial charge is 0.307 e. The molecule has 2 amide bonds. The highest BCUT2D eigenvalue weighted by molar-refractivity contribution is 5.96. The van der Waals surface area contributed by atoms with Crippen LogP contribution in [-0.4, -0.2) is 52.7 Å². The van der Waals surface area contributed by atoms with Crippen molar-refractivity contribution in [3.63, 3.8) is 0 Å². The van der Waals surface area contributed by atoms with Crippen LogP contribution < -0.4 is 29.8 Å². The largest absolute Gasteiger partial charge is 0.493 e. The van der Waals surface area contributed by atoms with E-state index in [4.69, 9.17) is 23.4 Å². The van der Waals surface area contributed by atoms with Crippen LogP contribution in [0.25, 0.3) is 0 Å². The maximum Gasteiger partial charge on any atom is 0.307 e. The van der Waals surface area contributed by atoms with Gasteiger partial charge in [0.15, 0.2) is 34.5 Å². The molecular formula is C24H24N4O7. The third-order valence-corrected chi connectivity index (χ3v) is 4.63. The van der Waals surface area contributed by atoms with E-state index >= 15 is 0 Å². The molecule has 0 unspecified atom stereocenters. The minimum Gasteiger partial charge on any atom is -0.493 e. The predicted octanol–water partition coefficient (Wildman–Crippen LogP) is 2.84. The van der Waals surface area contributed by atoms with Crippen molar-refractivity contribution in [3.05, 3.63) is 71.2 Å². The summed E-state index contributed by atoms with van der Waals surface area (Å²) in [5.74, 6) is 0.749. The Morgan fingerprint density at radius 2 is 1.06 bits per heavy atom. The first-order chi connectivity index (χ1) is 17.0. The van der Waals surface area contributed by atoms with Gasteiger partial charge in [-0.3, -0.25) is 9.59 Å². The number of amides is 2. The van der Waals surface area contributed by atoms with Crippen LogP contribution in [-0.2, 0) is 0 Å². The van der Waals surface area contributed by atoms with E-state index in [-0.39, 0.29) is 11.5 Å². The van der Waals surface area contributed by atoms with Crippen LogP contribution in [0.3, 0.4) is 0 Å². The van der Waals surface area contributed by atoms with Crippen molar-refractivity contribution >= 4 is 24.2 Å². The summed E-state index contributed by atoms with van der Waals surface area (Å²) >= 11 is 0. The number of carbonyl (C=O) groups excluding carboxylic acids is 2. The fourth-order valence-corrected chi connectivity index (χ4v) is 2.89. The van der Waals surface area contributed by atoms with Crippen molar-refractivity contribution in [2.75, 3.05) is 28.4 Å². The molecule has 35 heavy (non-hydrogen) atoms. The van der Waals surface area contributed by atoms with Gasteiger partial charge in [-0.15, -0.1) is 0 Å². The quantitative estimate of drug-likeness (QED) is 0.337. The lowest BCUT2D eigenvalue weighted by molar-refractivity contribution is 0.0902. The van der Waals surface area contributed by atoms with Crippen molar-refractivity contribution < 1.29 is 33.0 Å². The summed E-state index contributed by atoms with van der Waals surface area (Å²) in [5.41, 5.74) is 6.02. The Kier molecular flexibility index (Phi) is 8.43. The van der Waals surface area contributed by atoms with Gasteiger partial charge in [-0.1, -0.05) is 0 Å². The predicted molar refractivity (Wildman–Crippen MR) is 128 cm³/mol. The van der Waals surface area contributed by atoms with Crippen LogP contribution in [0.1, 0.15) is 32.2 Å². The van der Waals surface area contributed by atoms with E-state index in [1.807, 2.05) is 0 Å². The van der Waals surface area contributed by atoms with Gasteiger partial charge in [-0.2, -0.15) is 10.2 Å². The Bertz CT molecular complexity index is 1160. The molecule has 0 saturated heterocycles. The fraction of sp³-hybridized carbons (Fsp3) is 0.167. The third kappa shape index (κ3) is 6.38. The molecule has 0 bridgehead atoms. The first-order valence-corrected chi connectivity index (χ1v) is 10.2. The molecule has 0 aliphatic heterocycles. The van der Waals surface area contributed by atoms with Gasteiger partial charge < -0.3 is 23.4 Å². The van der Waals surface area contributed by atoms with E-state index in [0.29, 0.717) is 34.1 Å². The second-order valence-electron chi connectivity index (χ2n) is 6.79. The molecule has 1 heterocycles. The number of rotatable bonds is 10. The lowest BCUT2D eigenvalue weighted by Gasteiger charge is -2.07. The van der Waals surface area contributed by atoms with Gasteiger partial charge in [0.05, 0.1) is 40.9 Å². The Balaban J connectivity index is 1.56. The second kappa shape index (κ2) is 11.9. The highest BCUT2D eigenvalue weighted by atomic mass is 16.5. The SMILES string of the molecule is COc1ccc(/C=N/NC(=O)c2ccc(C(=O)N/N=C/c3ccc(OC)c(OC)c3)o2)cc1OC. The molecule has 0 aliphatic rings. The number of furan rings is 1. The minimum absolute atomic E-state index is 0.0940. The van der Waals surface area contributed by atoms with Gasteiger partial charge in [0.2, 0.25) is 0 Å². The lowest BCUT2D eigenvalue weighted by Crippen LogP contribution is -2.18. The topological polar surface area (TPSA) is 133 Å². The standard InChI is InChI=1S/C24H24N4O7/c1-31-17-7-5-15(11-21(17)33-3)13-25-27-23(29)19-9-10-20(35-19)24(30)28-26-14-16-6-8-18(32-2)22(12-16)34-4/h5-14H,1-4H3,(H,27,29)(H,28,30)/b25-13+,26-14+. The van der Waals surface area contributed by atoms with Gasteiger partial charge in [0.1, 0.15) is 0 Å². The number of nitrogens with zero attached hydrogens (tertiary/aromatic N) is 2. The van der Waals surface area contributed by atoms with Crippen molar-refractivity contribution in [2.24, 2.45) is 10.2 Å². The molecule has 0 atom stereocenters. The zero-order valence-corrected chi connectivity index (χ0v) is 19.5. The Morgan fingerprint density at radius 3 is 1.43 bits per heavy atom. The van der Waals surface area contributed by atoms with E-state index in [1.165, 1.54) is 53.0 Å². The molecule has 3 aromatic rings. The van der Waals surface area contributed by atoms with Crippen molar-refractivity contribution in [1.82, 2.24) is 10.9 Å². The number of hydrogen-bond donors (Lipinski definition) is 2. The summed E-state index contributed by atoms with van der Waals surface area (Å²) in [7, 11) is 6.11. The van der Waals surface area contributed by atoms with Crippen LogP contribution >= 0.6 is 0 Å². The van der Waals surface area contributed by atoms with Crippen LogP contribution in [0.4, 0.5) is 0 Å². The van der Waals surface area contributed by atoms with Gasteiger partial charge in [0, 0.05) is 0 Å². The zero-order chi connectivity index (χ0) is 25.2. The molecular weight excluding hydrogens is 456 g/mol. The number of carbonyl (C=O) groups is 2. The van der Waals surface area contributed by atoms with Crippen LogP contribution in [0.5, 0.6) is 23.0 Å². The molecule has 11 heteroatoms. The normalized spacial score (nSPS) is 10.9. The molecule has 11 nitrogen and oxygen atoms in total. The highest BCUT2D eigenvalue weighted by Gasteiger charge is 2.15. The van der Waals surface area contributed by atoms with Gasteiger partial charge in [-0.05, 0) is 59.7 Å². The molecule has 0 saturated carbocycles. The molecule has 0 spiro atoms. The average molecular weight is 480 g/mol. The number of ether oxygens (including phenoxy) is 4. The summed E-state index contributed by atoms with van der Waals surface area (Å²) in [4.78, 5) is 24.5. The van der Waals surface area contributed by atoms with Gasteiger partial charge >= 0.3 is 11.8 Å². The summed E-state index contributed by atoms with van der Waals surface area (Å²) in [6.07, 6.45) is 2.86. The van der Waals surface area contributed by atoms with E-state index in [2.05, 4.69) is 21.1 Å². The van der Waals surface area contributed by atoms with Gasteiger partial charge in [-0.25, -0.2) is 10.9 Å². The fourth-order valence-electron chi connectivity index (χ4n) is 2.89. The molecule has 3 rings (SSSR count). The summed E-state index contributed by atoms with van der Waals surface area (Å²) in [5, 5.41) is 7.78. The lowest BCUT2D eigenvalue weighted by atomic mass is 10.2. The first kappa shape index (κ1) is 24.8. The van der Waals surface area contributed by atoms with Crippen molar-refractivity contribution in [2.45, 2.75) is 0 Å². The Labute approximate surface area is 201 Å². The maximum atomic E-state index is 12.3. The molecule has 2 aromatic carbocycles. The number of hydrazone groups is 2. The van der Waals surface area contributed by atoms with Crippen LogP contribution in [0.2, 0.25) is 0 Å². The van der Waals surface area contributed by atoms with E-state index < -0.39 is 11.8 Å². The second-order valence-corrected chi connectivity index (χ2v) is 6.79. The minimum atomic E-state index is -0.630. The summed E-state index contributed by atoms with van der Waals surface area (Å²) < 4.78 is 26.1. The molecule has 1 aromatic heterocycles. The number of hydrogen-bond acceptors (Lipinski definition) is 9. The van der Waals surface area contributed by atoms with E-state index in [0.717, 1.165) is 0 Å². The van der Waals surface area contributed by atoms with Crippen LogP contribution in [0, 0.1) is 0 Å². The molecule has 0 fully saturated rings. The molecule has 0 radical (unpaired) electrons. The van der Waals surface area contributed by atoms with Crippen LogP contribution in [0.15, 0.2) is 63.2 Å². The van der Waals surface area contributed by atoms with Crippen molar-refractivity contribution in [1.29, 1.82) is 0 Å². The Hall–Kier alpha value is -4.80. The summed E-state index contributed by atoms with van der Waals surface area (Å²) in [6, 6.07) is 13.0. The van der Waals surface area contributed by atoms with E-state index in [9.17, 15) is 9.59 Å². The average Bonchev–Trinajstić information content (AvgIpc) is 3.39. The number of methoxy groups -OCH3 is 4. The molecule has 0 aliphatic carbocycles. The molecule has 2 N–H and O–H groups in total. The summed E-state index contributed by atoms with van der Waals surface area (Å²) in [6.45, 7) is 0. The van der Waals surface area contributed by atoms with Crippen molar-refractivity contribution in [3.8, 4) is 23.0 Å².